The number of amides is 1. The molecule has 1 fully saturated rings. The molecule has 1 amide bonds. The second-order valence-corrected chi connectivity index (χ2v) is 8.27. The number of hydrogen-bond acceptors (Lipinski definition) is 5. The van der Waals surface area contributed by atoms with Crippen LogP contribution in [0.15, 0.2) is 45.7 Å². The number of aryl methyl sites for hydroxylation is 1. The van der Waals surface area contributed by atoms with Gasteiger partial charge >= 0.3 is 6.36 Å². The number of furan rings is 1. The zero-order chi connectivity index (χ0) is 21.2. The topological polar surface area (TPSA) is 80.1 Å². The first-order valence-electron chi connectivity index (χ1n) is 8.84. The van der Waals surface area contributed by atoms with Gasteiger partial charge in [0.25, 0.3) is 5.91 Å². The summed E-state index contributed by atoms with van der Waals surface area (Å²) in [5.41, 5.74) is 0. The monoisotopic (exact) mass is 432 g/mol. The molecule has 0 atom stereocenters. The zero-order valence-electron chi connectivity index (χ0n) is 15.5. The van der Waals surface area contributed by atoms with Crippen molar-refractivity contribution in [2.75, 3.05) is 26.2 Å². The van der Waals surface area contributed by atoms with Crippen molar-refractivity contribution in [3.63, 3.8) is 0 Å². The standard InChI is InChI=1S/C18H19F3N2O5S/c1-2-13-5-8-16(27-13)17(24)22-9-11-23(12-10-22)29(25,26)15-6-3-14(4-7-15)28-18(19,20)21/h3-8H,2,9-12H2,1H3. The fraction of sp³-hybridized carbons (Fsp3) is 0.389. The highest BCUT2D eigenvalue weighted by Gasteiger charge is 2.33. The molecule has 0 bridgehead atoms. The summed E-state index contributed by atoms with van der Waals surface area (Å²) in [6.45, 7) is 2.38. The highest BCUT2D eigenvalue weighted by molar-refractivity contribution is 7.89. The number of rotatable bonds is 5. The smallest absolute Gasteiger partial charge is 0.456 e. The molecule has 3 rings (SSSR count). The van der Waals surface area contributed by atoms with Crippen LogP contribution >= 0.6 is 0 Å². The lowest BCUT2D eigenvalue weighted by Crippen LogP contribution is -2.50. The van der Waals surface area contributed by atoms with Crippen LogP contribution in [0.25, 0.3) is 0 Å². The summed E-state index contributed by atoms with van der Waals surface area (Å²) in [6.07, 6.45) is -4.19. The van der Waals surface area contributed by atoms with Crippen LogP contribution in [0, 0.1) is 0 Å². The molecule has 1 aliphatic rings. The average molecular weight is 432 g/mol. The van der Waals surface area contributed by atoms with Gasteiger partial charge < -0.3 is 14.1 Å². The number of hydrogen-bond donors (Lipinski definition) is 0. The van der Waals surface area contributed by atoms with Crippen molar-refractivity contribution in [2.45, 2.75) is 24.6 Å². The molecule has 11 heteroatoms. The Morgan fingerprint density at radius 2 is 1.69 bits per heavy atom. The fourth-order valence-corrected chi connectivity index (χ4v) is 4.35. The van der Waals surface area contributed by atoms with Gasteiger partial charge in [-0.25, -0.2) is 8.42 Å². The lowest BCUT2D eigenvalue weighted by Gasteiger charge is -2.33. The Hall–Kier alpha value is -2.53. The summed E-state index contributed by atoms with van der Waals surface area (Å²) in [6, 6.07) is 7.33. The van der Waals surface area contributed by atoms with Gasteiger partial charge in [-0.15, -0.1) is 13.2 Å². The number of piperazine rings is 1. The number of alkyl halides is 3. The van der Waals surface area contributed by atoms with Gasteiger partial charge in [0.2, 0.25) is 10.0 Å². The van der Waals surface area contributed by atoms with Gasteiger partial charge in [0.05, 0.1) is 4.90 Å². The predicted molar refractivity (Wildman–Crippen MR) is 95.9 cm³/mol. The fourth-order valence-electron chi connectivity index (χ4n) is 2.93. The molecule has 0 saturated carbocycles. The number of ether oxygens (including phenoxy) is 1. The van der Waals surface area contributed by atoms with E-state index in [4.69, 9.17) is 4.42 Å². The summed E-state index contributed by atoms with van der Waals surface area (Å²) in [7, 11) is -3.90. The second-order valence-electron chi connectivity index (χ2n) is 6.34. The first-order chi connectivity index (χ1) is 13.6. The minimum absolute atomic E-state index is 0.0657. The number of halogens is 3. The van der Waals surface area contributed by atoms with E-state index < -0.39 is 22.1 Å². The average Bonchev–Trinajstić information content (AvgIpc) is 3.16. The first-order valence-corrected chi connectivity index (χ1v) is 10.3. The Bertz CT molecular complexity index is 962. The van der Waals surface area contributed by atoms with Gasteiger partial charge in [0.15, 0.2) is 5.76 Å². The molecule has 0 spiro atoms. The first kappa shape index (κ1) is 21.2. The van der Waals surface area contributed by atoms with Crippen molar-refractivity contribution >= 4 is 15.9 Å². The van der Waals surface area contributed by atoms with Crippen molar-refractivity contribution in [1.82, 2.24) is 9.21 Å². The SMILES string of the molecule is CCc1ccc(C(=O)N2CCN(S(=O)(=O)c3ccc(OC(F)(F)F)cc3)CC2)o1. The van der Waals surface area contributed by atoms with Gasteiger partial charge in [-0.05, 0) is 36.4 Å². The Morgan fingerprint density at radius 1 is 1.07 bits per heavy atom. The Balaban J connectivity index is 1.64. The van der Waals surface area contributed by atoms with Gasteiger partial charge in [0.1, 0.15) is 11.5 Å². The van der Waals surface area contributed by atoms with Gasteiger partial charge in [-0.2, -0.15) is 4.31 Å². The maximum Gasteiger partial charge on any atom is 0.573 e. The van der Waals surface area contributed by atoms with E-state index in [2.05, 4.69) is 4.74 Å². The zero-order valence-corrected chi connectivity index (χ0v) is 16.3. The van der Waals surface area contributed by atoms with Crippen molar-refractivity contribution in [3.8, 4) is 5.75 Å². The van der Waals surface area contributed by atoms with E-state index in [0.717, 1.165) is 24.3 Å². The molecule has 2 aromatic rings. The third-order valence-electron chi connectivity index (χ3n) is 4.44. The molecule has 0 radical (unpaired) electrons. The highest BCUT2D eigenvalue weighted by atomic mass is 32.2. The summed E-state index contributed by atoms with van der Waals surface area (Å²) >= 11 is 0. The van der Waals surface area contributed by atoms with Crippen LogP contribution < -0.4 is 4.74 Å². The van der Waals surface area contributed by atoms with Crippen LogP contribution in [0.4, 0.5) is 13.2 Å². The van der Waals surface area contributed by atoms with E-state index in [-0.39, 0.29) is 42.7 Å². The number of nitrogens with zero attached hydrogens (tertiary/aromatic N) is 2. The number of benzene rings is 1. The summed E-state index contributed by atoms with van der Waals surface area (Å²) in [5.74, 6) is 0.0816. The molecule has 1 aliphatic heterocycles. The van der Waals surface area contributed by atoms with Crippen LogP contribution in [0.3, 0.4) is 0 Å². The van der Waals surface area contributed by atoms with Gasteiger partial charge in [0, 0.05) is 32.6 Å². The van der Waals surface area contributed by atoms with E-state index >= 15 is 0 Å². The van der Waals surface area contributed by atoms with E-state index in [1.807, 2.05) is 6.92 Å². The van der Waals surface area contributed by atoms with Crippen LogP contribution in [-0.4, -0.2) is 56.1 Å². The number of carbonyl (C=O) groups is 1. The van der Waals surface area contributed by atoms with Gasteiger partial charge in [-0.1, -0.05) is 6.92 Å². The van der Waals surface area contributed by atoms with E-state index in [1.165, 1.54) is 9.21 Å². The maximum absolute atomic E-state index is 12.7. The Morgan fingerprint density at radius 3 is 2.21 bits per heavy atom. The van der Waals surface area contributed by atoms with Crippen LogP contribution in [0.1, 0.15) is 23.2 Å². The summed E-state index contributed by atoms with van der Waals surface area (Å²) in [5, 5.41) is 0. The second kappa shape index (κ2) is 8.07. The molecule has 29 heavy (non-hydrogen) atoms. The summed E-state index contributed by atoms with van der Waals surface area (Å²) < 4.78 is 72.5. The highest BCUT2D eigenvalue weighted by Crippen LogP contribution is 2.25. The van der Waals surface area contributed by atoms with E-state index in [1.54, 1.807) is 12.1 Å². The van der Waals surface area contributed by atoms with Crippen molar-refractivity contribution in [2.24, 2.45) is 0 Å². The van der Waals surface area contributed by atoms with Crippen molar-refractivity contribution in [1.29, 1.82) is 0 Å². The van der Waals surface area contributed by atoms with Crippen molar-refractivity contribution < 1.29 is 35.5 Å². The molecule has 0 unspecified atom stereocenters. The van der Waals surface area contributed by atoms with E-state index in [0.29, 0.717) is 12.2 Å². The van der Waals surface area contributed by atoms with Gasteiger partial charge in [-0.3, -0.25) is 4.79 Å². The molecule has 158 valence electrons. The minimum Gasteiger partial charge on any atom is -0.456 e. The normalized spacial score (nSPS) is 16.1. The molecule has 0 N–H and O–H groups in total. The molecular weight excluding hydrogens is 413 g/mol. The molecular formula is C18H19F3N2O5S. The summed E-state index contributed by atoms with van der Waals surface area (Å²) in [4.78, 5) is 13.8. The lowest BCUT2D eigenvalue weighted by molar-refractivity contribution is -0.274. The van der Waals surface area contributed by atoms with E-state index in [9.17, 15) is 26.4 Å². The maximum atomic E-state index is 12.7. The Kier molecular flexibility index (Phi) is 5.90. The molecule has 1 aromatic carbocycles. The number of sulfonamides is 1. The van der Waals surface area contributed by atoms with Crippen LogP contribution in [-0.2, 0) is 16.4 Å². The number of carbonyl (C=O) groups excluding carboxylic acids is 1. The van der Waals surface area contributed by atoms with Crippen LogP contribution in [0.5, 0.6) is 5.75 Å². The molecule has 1 saturated heterocycles. The third kappa shape index (κ3) is 4.91. The largest absolute Gasteiger partial charge is 0.573 e. The third-order valence-corrected chi connectivity index (χ3v) is 6.35. The Labute approximate surface area is 165 Å². The molecule has 0 aliphatic carbocycles. The van der Waals surface area contributed by atoms with Crippen LogP contribution in [0.2, 0.25) is 0 Å². The predicted octanol–water partition coefficient (Wildman–Crippen LogP) is 2.89. The lowest BCUT2D eigenvalue weighted by atomic mass is 10.3. The molecule has 2 heterocycles. The minimum atomic E-state index is -4.85. The quantitative estimate of drug-likeness (QED) is 0.726. The molecule has 1 aromatic heterocycles. The van der Waals surface area contributed by atoms with Crippen molar-refractivity contribution in [3.05, 3.63) is 47.9 Å². The molecule has 7 nitrogen and oxygen atoms in total.